The second-order valence-electron chi connectivity index (χ2n) is 10.9. The van der Waals surface area contributed by atoms with E-state index in [4.69, 9.17) is 4.74 Å². The van der Waals surface area contributed by atoms with Gasteiger partial charge in [-0.05, 0) is 42.0 Å². The average molecular weight is 529 g/mol. The number of aromatic nitrogens is 1. The minimum atomic E-state index is -0.153. The van der Waals surface area contributed by atoms with Crippen molar-refractivity contribution in [1.82, 2.24) is 19.7 Å². The third kappa shape index (κ3) is 5.17. The SMILES string of the molecule is O=C1CN(C(=O)c2ccc3c(C4CCCCC4)c(-c4ccccc4)n(CC(=O)N4CCOCC4)c3c2)CCN1. The highest BCUT2D eigenvalue weighted by atomic mass is 16.5. The number of piperazine rings is 1. The van der Waals surface area contributed by atoms with E-state index in [0.717, 1.165) is 35.0 Å². The lowest BCUT2D eigenvalue weighted by Gasteiger charge is -2.28. The van der Waals surface area contributed by atoms with Crippen molar-refractivity contribution in [2.45, 2.75) is 44.6 Å². The molecule has 6 rings (SSSR count). The molecule has 204 valence electrons. The van der Waals surface area contributed by atoms with Crippen LogP contribution in [-0.4, -0.2) is 78.0 Å². The maximum Gasteiger partial charge on any atom is 0.254 e. The number of fused-ring (bicyclic) bond motifs is 1. The largest absolute Gasteiger partial charge is 0.378 e. The van der Waals surface area contributed by atoms with Gasteiger partial charge < -0.3 is 24.4 Å². The van der Waals surface area contributed by atoms with Crippen LogP contribution in [0, 0.1) is 0 Å². The number of hydrogen-bond acceptors (Lipinski definition) is 4. The van der Waals surface area contributed by atoms with E-state index >= 15 is 0 Å². The van der Waals surface area contributed by atoms with E-state index < -0.39 is 0 Å². The summed E-state index contributed by atoms with van der Waals surface area (Å²) in [5, 5.41) is 3.90. The highest BCUT2D eigenvalue weighted by Gasteiger charge is 2.30. The Hall–Kier alpha value is -3.65. The maximum absolute atomic E-state index is 13.6. The summed E-state index contributed by atoms with van der Waals surface area (Å²) in [5.74, 6) is 0.177. The predicted octanol–water partition coefficient (Wildman–Crippen LogP) is 3.79. The first-order chi connectivity index (χ1) is 19.1. The summed E-state index contributed by atoms with van der Waals surface area (Å²) in [6.45, 7) is 3.51. The van der Waals surface area contributed by atoms with E-state index in [1.807, 2.05) is 35.2 Å². The molecule has 0 radical (unpaired) electrons. The summed E-state index contributed by atoms with van der Waals surface area (Å²) in [6.07, 6.45) is 5.91. The number of morpholine rings is 1. The van der Waals surface area contributed by atoms with Gasteiger partial charge in [-0.25, -0.2) is 0 Å². The fraction of sp³-hybridized carbons (Fsp3) is 0.452. The molecule has 3 aliphatic rings. The quantitative estimate of drug-likeness (QED) is 0.546. The van der Waals surface area contributed by atoms with Crippen molar-refractivity contribution < 1.29 is 19.1 Å². The Morgan fingerprint density at radius 2 is 1.69 bits per heavy atom. The van der Waals surface area contributed by atoms with E-state index in [-0.39, 0.29) is 30.8 Å². The topological polar surface area (TPSA) is 83.9 Å². The Bertz CT molecular complexity index is 1370. The van der Waals surface area contributed by atoms with Crippen LogP contribution in [-0.2, 0) is 20.9 Å². The molecular weight excluding hydrogens is 492 g/mol. The van der Waals surface area contributed by atoms with Crippen molar-refractivity contribution in [3.63, 3.8) is 0 Å². The van der Waals surface area contributed by atoms with Crippen LogP contribution < -0.4 is 5.32 Å². The number of carbonyl (C=O) groups is 3. The molecule has 1 aliphatic carbocycles. The normalized spacial score (nSPS) is 18.8. The third-order valence-electron chi connectivity index (χ3n) is 8.39. The molecule has 8 heteroatoms. The Balaban J connectivity index is 1.50. The molecule has 0 atom stereocenters. The van der Waals surface area contributed by atoms with Gasteiger partial charge in [-0.3, -0.25) is 14.4 Å². The fourth-order valence-electron chi connectivity index (χ4n) is 6.43. The van der Waals surface area contributed by atoms with Crippen molar-refractivity contribution in [3.8, 4) is 11.3 Å². The van der Waals surface area contributed by atoms with Gasteiger partial charge in [0.1, 0.15) is 6.54 Å². The third-order valence-corrected chi connectivity index (χ3v) is 8.39. The number of benzene rings is 2. The van der Waals surface area contributed by atoms with Crippen LogP contribution in [0.3, 0.4) is 0 Å². The van der Waals surface area contributed by atoms with Gasteiger partial charge in [0.25, 0.3) is 5.91 Å². The van der Waals surface area contributed by atoms with Crippen LogP contribution in [0.1, 0.15) is 53.9 Å². The Morgan fingerprint density at radius 3 is 2.44 bits per heavy atom. The molecule has 1 saturated carbocycles. The average Bonchev–Trinajstić information content (AvgIpc) is 3.31. The molecule has 2 aromatic carbocycles. The summed E-state index contributed by atoms with van der Waals surface area (Å²) < 4.78 is 7.63. The standard InChI is InChI=1S/C31H36N4O4/c36-27-20-34(14-13-32-27)31(38)24-11-12-25-26(19-24)35(21-28(37)33-15-17-39-18-16-33)30(23-9-5-2-6-10-23)29(25)22-7-3-1-4-8-22/h2,5-6,9-12,19,22H,1,3-4,7-8,13-18,20-21H2,(H,32,36). The van der Waals surface area contributed by atoms with Gasteiger partial charge in [-0.15, -0.1) is 0 Å². The van der Waals surface area contributed by atoms with Gasteiger partial charge >= 0.3 is 0 Å². The summed E-state index contributed by atoms with van der Waals surface area (Å²) in [7, 11) is 0. The number of rotatable bonds is 5. The van der Waals surface area contributed by atoms with Crippen molar-refractivity contribution >= 4 is 28.6 Å². The molecule has 3 heterocycles. The predicted molar refractivity (Wildman–Crippen MR) is 150 cm³/mol. The summed E-state index contributed by atoms with van der Waals surface area (Å²) >= 11 is 0. The molecule has 39 heavy (non-hydrogen) atoms. The van der Waals surface area contributed by atoms with Crippen molar-refractivity contribution in [1.29, 1.82) is 0 Å². The molecule has 0 bridgehead atoms. The lowest BCUT2D eigenvalue weighted by Crippen LogP contribution is -2.49. The van der Waals surface area contributed by atoms with Crippen LogP contribution in [0.2, 0.25) is 0 Å². The monoisotopic (exact) mass is 528 g/mol. The zero-order valence-electron chi connectivity index (χ0n) is 22.4. The van der Waals surface area contributed by atoms with Crippen LogP contribution >= 0.6 is 0 Å². The molecule has 3 amide bonds. The second kappa shape index (κ2) is 11.2. The summed E-state index contributed by atoms with van der Waals surface area (Å²) in [6, 6.07) is 16.2. The minimum Gasteiger partial charge on any atom is -0.378 e. The van der Waals surface area contributed by atoms with E-state index in [2.05, 4.69) is 28.1 Å². The molecule has 1 N–H and O–H groups in total. The molecule has 3 aromatic rings. The first-order valence-corrected chi connectivity index (χ1v) is 14.2. The van der Waals surface area contributed by atoms with Crippen LogP contribution in [0.15, 0.2) is 48.5 Å². The fourth-order valence-corrected chi connectivity index (χ4v) is 6.43. The van der Waals surface area contributed by atoms with E-state index in [9.17, 15) is 14.4 Å². The van der Waals surface area contributed by atoms with E-state index in [0.29, 0.717) is 50.9 Å². The molecule has 3 fully saturated rings. The van der Waals surface area contributed by atoms with Crippen LogP contribution in [0.4, 0.5) is 0 Å². The van der Waals surface area contributed by atoms with Gasteiger partial charge in [0.2, 0.25) is 11.8 Å². The first-order valence-electron chi connectivity index (χ1n) is 14.2. The smallest absolute Gasteiger partial charge is 0.254 e. The number of nitrogens with one attached hydrogen (secondary N) is 1. The van der Waals surface area contributed by atoms with E-state index in [1.165, 1.54) is 24.8 Å². The number of ether oxygens (including phenoxy) is 1. The van der Waals surface area contributed by atoms with Gasteiger partial charge in [-0.2, -0.15) is 0 Å². The lowest BCUT2D eigenvalue weighted by molar-refractivity contribution is -0.135. The molecule has 1 aromatic heterocycles. The first kappa shape index (κ1) is 25.6. The van der Waals surface area contributed by atoms with Gasteiger partial charge in [0.15, 0.2) is 0 Å². The Labute approximate surface area is 228 Å². The molecular formula is C31H36N4O4. The number of hydrogen-bond donors (Lipinski definition) is 1. The minimum absolute atomic E-state index is 0.0620. The maximum atomic E-state index is 13.6. The zero-order chi connectivity index (χ0) is 26.8. The lowest BCUT2D eigenvalue weighted by atomic mass is 9.82. The molecule has 2 saturated heterocycles. The zero-order valence-corrected chi connectivity index (χ0v) is 22.4. The molecule has 2 aliphatic heterocycles. The van der Waals surface area contributed by atoms with Crippen molar-refractivity contribution in [2.24, 2.45) is 0 Å². The van der Waals surface area contributed by atoms with Gasteiger partial charge in [0, 0.05) is 37.1 Å². The molecule has 8 nitrogen and oxygen atoms in total. The van der Waals surface area contributed by atoms with Gasteiger partial charge in [-0.1, -0.05) is 55.7 Å². The molecule has 0 spiro atoms. The molecule has 0 unspecified atom stereocenters. The summed E-state index contributed by atoms with van der Waals surface area (Å²) in [5.41, 5.74) is 4.92. The van der Waals surface area contributed by atoms with Crippen molar-refractivity contribution in [2.75, 3.05) is 45.9 Å². The second-order valence-corrected chi connectivity index (χ2v) is 10.9. The number of amides is 3. The Morgan fingerprint density at radius 1 is 0.923 bits per heavy atom. The van der Waals surface area contributed by atoms with Crippen LogP contribution in [0.5, 0.6) is 0 Å². The number of nitrogens with zero attached hydrogens (tertiary/aromatic N) is 3. The number of carbonyl (C=O) groups excluding carboxylic acids is 3. The highest BCUT2D eigenvalue weighted by Crippen LogP contribution is 2.44. The van der Waals surface area contributed by atoms with E-state index in [1.54, 1.807) is 4.90 Å². The van der Waals surface area contributed by atoms with Crippen molar-refractivity contribution in [3.05, 3.63) is 59.7 Å². The van der Waals surface area contributed by atoms with Crippen LogP contribution in [0.25, 0.3) is 22.2 Å². The Kier molecular flexibility index (Phi) is 7.37. The summed E-state index contributed by atoms with van der Waals surface area (Å²) in [4.78, 5) is 42.5. The highest BCUT2D eigenvalue weighted by molar-refractivity contribution is 6.02. The van der Waals surface area contributed by atoms with Gasteiger partial charge in [0.05, 0.1) is 31.0 Å².